The Morgan fingerprint density at radius 1 is 1.09 bits per heavy atom. The van der Waals surface area contributed by atoms with Crippen molar-refractivity contribution in [2.45, 2.75) is 112 Å². The molecule has 34 heavy (non-hydrogen) atoms. The van der Waals surface area contributed by atoms with Crippen LogP contribution < -0.4 is 0 Å². The summed E-state index contributed by atoms with van der Waals surface area (Å²) in [6, 6.07) is 0. The van der Waals surface area contributed by atoms with Crippen molar-refractivity contribution >= 4 is 11.8 Å². The number of aliphatic carboxylic acids is 1. The highest BCUT2D eigenvalue weighted by Crippen LogP contribution is 2.69. The van der Waals surface area contributed by atoms with Crippen LogP contribution in [-0.4, -0.2) is 27.6 Å². The van der Waals surface area contributed by atoms with Gasteiger partial charge in [0.1, 0.15) is 5.78 Å². The van der Waals surface area contributed by atoms with Crippen LogP contribution in [0.5, 0.6) is 0 Å². The lowest BCUT2D eigenvalue weighted by Crippen LogP contribution is -2.55. The summed E-state index contributed by atoms with van der Waals surface area (Å²) < 4.78 is 0. The van der Waals surface area contributed by atoms with Gasteiger partial charge in [-0.2, -0.15) is 0 Å². The number of aliphatic hydroxyl groups is 1. The van der Waals surface area contributed by atoms with Crippen LogP contribution in [0, 0.1) is 39.9 Å². The van der Waals surface area contributed by atoms with Gasteiger partial charge in [-0.05, 0) is 92.8 Å². The lowest BCUT2D eigenvalue weighted by Gasteiger charge is -2.60. The predicted octanol–water partition coefficient (Wildman–Crippen LogP) is 6.72. The van der Waals surface area contributed by atoms with E-state index in [-0.39, 0.29) is 28.1 Å². The second kappa shape index (κ2) is 8.32. The third-order valence-electron chi connectivity index (χ3n) is 11.3. The number of rotatable bonds is 5. The van der Waals surface area contributed by atoms with Gasteiger partial charge in [-0.3, -0.25) is 4.79 Å². The molecule has 0 aliphatic heterocycles. The van der Waals surface area contributed by atoms with Crippen LogP contribution in [0.25, 0.3) is 0 Å². The second-order valence-corrected chi connectivity index (χ2v) is 13.3. The number of allylic oxidation sites excluding steroid dienone is 3. The molecule has 0 saturated heterocycles. The van der Waals surface area contributed by atoms with Crippen LogP contribution >= 0.6 is 0 Å². The van der Waals surface area contributed by atoms with E-state index >= 15 is 0 Å². The molecule has 0 aromatic carbocycles. The van der Waals surface area contributed by atoms with E-state index in [0.29, 0.717) is 36.0 Å². The highest BCUT2D eigenvalue weighted by Gasteiger charge is 2.64. The molecule has 4 nitrogen and oxygen atoms in total. The lowest BCUT2D eigenvalue weighted by atomic mass is 9.44. The Morgan fingerprint density at radius 2 is 1.76 bits per heavy atom. The minimum Gasteiger partial charge on any atom is -0.478 e. The molecule has 4 unspecified atom stereocenters. The van der Waals surface area contributed by atoms with Crippen LogP contribution in [0.4, 0.5) is 0 Å². The third-order valence-corrected chi connectivity index (χ3v) is 11.3. The Labute approximate surface area is 206 Å². The summed E-state index contributed by atoms with van der Waals surface area (Å²) in [5, 5.41) is 21.3. The molecule has 190 valence electrons. The number of carboxylic acid groups (broad SMARTS) is 1. The van der Waals surface area contributed by atoms with Crippen LogP contribution in [0.3, 0.4) is 0 Å². The summed E-state index contributed by atoms with van der Waals surface area (Å²) in [6.07, 6.45) is 10.00. The van der Waals surface area contributed by atoms with Crippen LogP contribution in [0.1, 0.15) is 106 Å². The predicted molar refractivity (Wildman–Crippen MR) is 135 cm³/mol. The van der Waals surface area contributed by atoms with Gasteiger partial charge in [0.2, 0.25) is 0 Å². The number of carbonyl (C=O) groups is 2. The average molecular weight is 471 g/mol. The molecule has 0 aromatic rings. The Morgan fingerprint density at radius 3 is 2.41 bits per heavy atom. The minimum absolute atomic E-state index is 0.0163. The van der Waals surface area contributed by atoms with Gasteiger partial charge in [0, 0.05) is 17.4 Å². The minimum atomic E-state index is -0.864. The molecule has 0 heterocycles. The number of carboxylic acids is 1. The van der Waals surface area contributed by atoms with E-state index in [1.54, 1.807) is 24.1 Å². The van der Waals surface area contributed by atoms with Crippen LogP contribution in [-0.2, 0) is 9.59 Å². The van der Waals surface area contributed by atoms with Crippen molar-refractivity contribution in [3.63, 3.8) is 0 Å². The van der Waals surface area contributed by atoms with Crippen molar-refractivity contribution in [2.75, 3.05) is 0 Å². The van der Waals surface area contributed by atoms with Crippen molar-refractivity contribution in [2.24, 2.45) is 39.9 Å². The molecular weight excluding hydrogens is 424 g/mol. The Kier molecular flexibility index (Phi) is 6.28. The lowest BCUT2D eigenvalue weighted by molar-refractivity contribution is -0.140. The van der Waals surface area contributed by atoms with Gasteiger partial charge in [-0.15, -0.1) is 0 Å². The summed E-state index contributed by atoms with van der Waals surface area (Å²) in [6.45, 7) is 15.4. The number of hydrogen-bond donors (Lipinski definition) is 2. The number of ketones is 1. The molecule has 4 aliphatic rings. The molecule has 4 heteroatoms. The standard InChI is InChI=1S/C30H46O4/c1-18(26(32)33)9-8-10-20(3)30(34)16-15-29(7)21-11-12-23-27(4,5)24(31)13-14-28(23,6)22(21)17-19(2)25(29)30/h9,19-20,23,25,34H,8,10-17H2,1-7H3,(H,32,33)/b18-9-/t19-,20?,23?,25?,28-,29+,30?/m1/s1. The van der Waals surface area contributed by atoms with E-state index < -0.39 is 11.6 Å². The molecule has 2 saturated carbocycles. The SMILES string of the molecule is C/C(=C/CCC(C)C1(O)CC[C@@]2(C)C3=C(C[C@@H](C)C12)[C@@]1(C)CCC(=O)C(C)(C)C1CC3)C(=O)O. The summed E-state index contributed by atoms with van der Waals surface area (Å²) in [4.78, 5) is 24.0. The van der Waals surface area contributed by atoms with E-state index in [1.807, 2.05) is 0 Å². The molecule has 0 aromatic heterocycles. The smallest absolute Gasteiger partial charge is 0.330 e. The summed E-state index contributed by atoms with van der Waals surface area (Å²) in [5.74, 6) is 0.735. The van der Waals surface area contributed by atoms with Gasteiger partial charge in [0.15, 0.2) is 0 Å². The average Bonchev–Trinajstić information content (AvgIpc) is 3.05. The molecule has 2 N–H and O–H groups in total. The van der Waals surface area contributed by atoms with Crippen LogP contribution in [0.15, 0.2) is 22.8 Å². The molecule has 0 bridgehead atoms. The number of hydrogen-bond acceptors (Lipinski definition) is 3. The molecule has 7 atom stereocenters. The largest absolute Gasteiger partial charge is 0.478 e. The fourth-order valence-corrected chi connectivity index (χ4v) is 9.33. The quantitative estimate of drug-likeness (QED) is 0.345. The molecule has 0 amide bonds. The Balaban J connectivity index is 1.65. The number of fused-ring (bicyclic) bond motifs is 4. The first-order chi connectivity index (χ1) is 15.7. The fourth-order valence-electron chi connectivity index (χ4n) is 9.33. The van der Waals surface area contributed by atoms with E-state index in [2.05, 4.69) is 41.5 Å². The molecule has 4 rings (SSSR count). The van der Waals surface area contributed by atoms with Crippen molar-refractivity contribution in [3.05, 3.63) is 22.8 Å². The van der Waals surface area contributed by atoms with Gasteiger partial charge < -0.3 is 10.2 Å². The number of carbonyl (C=O) groups excluding carboxylic acids is 1. The number of Topliss-reactive ketones (excluding diaryl/α,β-unsaturated/α-hetero) is 1. The maximum absolute atomic E-state index is 12.8. The summed E-state index contributed by atoms with van der Waals surface area (Å²) in [5.41, 5.74) is 2.78. The first-order valence-corrected chi connectivity index (χ1v) is 13.6. The van der Waals surface area contributed by atoms with E-state index in [1.165, 1.54) is 0 Å². The zero-order chi connectivity index (χ0) is 25.3. The molecule has 0 spiro atoms. The highest BCUT2D eigenvalue weighted by molar-refractivity contribution is 5.86. The normalized spacial score (nSPS) is 42.6. The molecule has 0 radical (unpaired) electrons. The topological polar surface area (TPSA) is 74.6 Å². The molecule has 4 aliphatic carbocycles. The third kappa shape index (κ3) is 3.57. The Hall–Kier alpha value is -1.42. The second-order valence-electron chi connectivity index (χ2n) is 13.3. The molecular formula is C30H46O4. The van der Waals surface area contributed by atoms with Crippen molar-refractivity contribution in [3.8, 4) is 0 Å². The van der Waals surface area contributed by atoms with Crippen LogP contribution in [0.2, 0.25) is 0 Å². The zero-order valence-electron chi connectivity index (χ0n) is 22.5. The monoisotopic (exact) mass is 470 g/mol. The summed E-state index contributed by atoms with van der Waals surface area (Å²) >= 11 is 0. The van der Waals surface area contributed by atoms with Crippen molar-refractivity contribution in [1.29, 1.82) is 0 Å². The van der Waals surface area contributed by atoms with Gasteiger partial charge in [-0.1, -0.05) is 58.8 Å². The maximum atomic E-state index is 12.8. The van der Waals surface area contributed by atoms with Gasteiger partial charge in [-0.25, -0.2) is 4.79 Å². The van der Waals surface area contributed by atoms with Gasteiger partial charge in [0.05, 0.1) is 5.60 Å². The molecule has 2 fully saturated rings. The first-order valence-electron chi connectivity index (χ1n) is 13.6. The van der Waals surface area contributed by atoms with Crippen molar-refractivity contribution in [1.82, 2.24) is 0 Å². The zero-order valence-corrected chi connectivity index (χ0v) is 22.5. The van der Waals surface area contributed by atoms with Gasteiger partial charge >= 0.3 is 5.97 Å². The first kappa shape index (κ1) is 25.7. The maximum Gasteiger partial charge on any atom is 0.330 e. The van der Waals surface area contributed by atoms with E-state index in [0.717, 1.165) is 44.9 Å². The highest BCUT2D eigenvalue weighted by atomic mass is 16.4. The van der Waals surface area contributed by atoms with E-state index in [4.69, 9.17) is 5.11 Å². The van der Waals surface area contributed by atoms with E-state index in [9.17, 15) is 14.7 Å². The van der Waals surface area contributed by atoms with Gasteiger partial charge in [0.25, 0.3) is 0 Å². The fraction of sp³-hybridized carbons (Fsp3) is 0.800. The Bertz CT molecular complexity index is 941. The van der Waals surface area contributed by atoms with Crippen molar-refractivity contribution < 1.29 is 19.8 Å². The summed E-state index contributed by atoms with van der Waals surface area (Å²) in [7, 11) is 0.